The first kappa shape index (κ1) is 13.1. The van der Waals surface area contributed by atoms with Crippen LogP contribution in [0.2, 0.25) is 5.02 Å². The van der Waals surface area contributed by atoms with Crippen LogP contribution in [0, 0.1) is 0 Å². The highest BCUT2D eigenvalue weighted by Gasteiger charge is 2.08. The van der Waals surface area contributed by atoms with Crippen molar-refractivity contribution in [3.8, 4) is 11.5 Å². The number of hydrogen-bond acceptors (Lipinski definition) is 4. The largest absolute Gasteiger partial charge is 0.403 e. The summed E-state index contributed by atoms with van der Waals surface area (Å²) in [7, 11) is 0. The summed E-state index contributed by atoms with van der Waals surface area (Å²) in [5.74, 6) is 0.467. The van der Waals surface area contributed by atoms with E-state index < -0.39 is 0 Å². The molecular formula is C14H9BrClN3O. The first-order valence-electron chi connectivity index (χ1n) is 5.83. The van der Waals surface area contributed by atoms with Gasteiger partial charge in [0, 0.05) is 20.7 Å². The van der Waals surface area contributed by atoms with Crippen molar-refractivity contribution >= 4 is 39.2 Å². The van der Waals surface area contributed by atoms with Crippen molar-refractivity contribution in [3.63, 3.8) is 0 Å². The topological polar surface area (TPSA) is 51.0 Å². The maximum atomic E-state index is 5.83. The maximum Gasteiger partial charge on any atom is 0.320 e. The molecule has 0 aliphatic rings. The molecule has 0 spiro atoms. The van der Waals surface area contributed by atoms with E-state index in [9.17, 15) is 0 Å². The summed E-state index contributed by atoms with van der Waals surface area (Å²) in [4.78, 5) is 0. The van der Waals surface area contributed by atoms with Crippen LogP contribution >= 0.6 is 27.5 Å². The predicted octanol–water partition coefficient (Wildman–Crippen LogP) is 4.90. The van der Waals surface area contributed by atoms with Gasteiger partial charge in [-0.05, 0) is 48.5 Å². The summed E-state index contributed by atoms with van der Waals surface area (Å²) < 4.78 is 6.56. The summed E-state index contributed by atoms with van der Waals surface area (Å²) >= 11 is 9.21. The van der Waals surface area contributed by atoms with Gasteiger partial charge >= 0.3 is 6.01 Å². The number of benzene rings is 2. The van der Waals surface area contributed by atoms with E-state index in [1.165, 1.54) is 0 Å². The van der Waals surface area contributed by atoms with Crippen molar-refractivity contribution in [2.75, 3.05) is 5.32 Å². The summed E-state index contributed by atoms with van der Waals surface area (Å²) in [6, 6.07) is 15.2. The minimum Gasteiger partial charge on any atom is -0.403 e. The third-order valence-corrected chi connectivity index (χ3v) is 3.39. The molecule has 4 nitrogen and oxygen atoms in total. The molecule has 0 saturated heterocycles. The van der Waals surface area contributed by atoms with Crippen LogP contribution in [0.4, 0.5) is 11.7 Å². The van der Waals surface area contributed by atoms with Crippen LogP contribution in [-0.2, 0) is 0 Å². The Labute approximate surface area is 128 Å². The second-order valence-corrected chi connectivity index (χ2v) is 5.40. The van der Waals surface area contributed by atoms with Gasteiger partial charge in [0.15, 0.2) is 0 Å². The fraction of sp³-hybridized carbons (Fsp3) is 0. The van der Waals surface area contributed by atoms with E-state index in [0.717, 1.165) is 15.7 Å². The van der Waals surface area contributed by atoms with Crippen LogP contribution in [0.1, 0.15) is 0 Å². The Morgan fingerprint density at radius 1 is 0.950 bits per heavy atom. The van der Waals surface area contributed by atoms with Gasteiger partial charge in [0.25, 0.3) is 0 Å². The molecule has 1 N–H and O–H groups in total. The summed E-state index contributed by atoms with van der Waals surface area (Å²) in [5.41, 5.74) is 1.70. The number of rotatable bonds is 3. The van der Waals surface area contributed by atoms with E-state index >= 15 is 0 Å². The summed E-state index contributed by atoms with van der Waals surface area (Å²) in [5, 5.41) is 11.7. The fourth-order valence-corrected chi connectivity index (χ4v) is 2.03. The molecule has 1 aromatic heterocycles. The normalized spacial score (nSPS) is 10.5. The van der Waals surface area contributed by atoms with Crippen molar-refractivity contribution in [1.82, 2.24) is 10.2 Å². The molecule has 100 valence electrons. The van der Waals surface area contributed by atoms with Gasteiger partial charge in [0.2, 0.25) is 5.89 Å². The Kier molecular flexibility index (Phi) is 3.71. The second-order valence-electron chi connectivity index (χ2n) is 4.05. The Morgan fingerprint density at radius 2 is 1.65 bits per heavy atom. The lowest BCUT2D eigenvalue weighted by Gasteiger charge is -2.00. The van der Waals surface area contributed by atoms with Gasteiger partial charge in [-0.3, -0.25) is 0 Å². The standard InChI is InChI=1S/C14H9BrClN3O/c15-10-3-1-9(2-4-10)13-18-19-14(20-13)17-12-7-5-11(16)6-8-12/h1-8H,(H,17,19). The second kappa shape index (κ2) is 5.64. The molecule has 0 amide bonds. The number of hydrogen-bond donors (Lipinski definition) is 1. The molecule has 0 aliphatic carbocycles. The first-order chi connectivity index (χ1) is 9.70. The number of anilines is 2. The van der Waals surface area contributed by atoms with Crippen LogP contribution in [0.25, 0.3) is 11.5 Å². The Morgan fingerprint density at radius 3 is 2.35 bits per heavy atom. The molecule has 1 heterocycles. The van der Waals surface area contributed by atoms with Crippen LogP contribution in [-0.4, -0.2) is 10.2 Å². The maximum absolute atomic E-state index is 5.83. The average Bonchev–Trinajstić information content (AvgIpc) is 2.91. The Balaban J connectivity index is 1.80. The van der Waals surface area contributed by atoms with E-state index in [0.29, 0.717) is 16.9 Å². The van der Waals surface area contributed by atoms with Crippen molar-refractivity contribution in [1.29, 1.82) is 0 Å². The molecule has 20 heavy (non-hydrogen) atoms. The zero-order valence-electron chi connectivity index (χ0n) is 10.2. The van der Waals surface area contributed by atoms with Crippen LogP contribution < -0.4 is 5.32 Å². The van der Waals surface area contributed by atoms with Crippen LogP contribution in [0.15, 0.2) is 57.4 Å². The van der Waals surface area contributed by atoms with Gasteiger partial charge in [-0.15, -0.1) is 5.10 Å². The molecule has 3 rings (SSSR count). The van der Waals surface area contributed by atoms with Crippen LogP contribution in [0.5, 0.6) is 0 Å². The van der Waals surface area contributed by atoms with Crippen molar-refractivity contribution in [3.05, 3.63) is 58.0 Å². The minimum atomic E-state index is 0.338. The van der Waals surface area contributed by atoms with E-state index in [1.54, 1.807) is 12.1 Å². The zero-order chi connectivity index (χ0) is 13.9. The Bertz CT molecular complexity index is 710. The predicted molar refractivity (Wildman–Crippen MR) is 82.2 cm³/mol. The van der Waals surface area contributed by atoms with Gasteiger partial charge < -0.3 is 9.73 Å². The van der Waals surface area contributed by atoms with Gasteiger partial charge in [-0.2, -0.15) is 0 Å². The quantitative estimate of drug-likeness (QED) is 0.730. The zero-order valence-corrected chi connectivity index (χ0v) is 12.5. The molecular weight excluding hydrogens is 342 g/mol. The number of aromatic nitrogens is 2. The SMILES string of the molecule is Clc1ccc(Nc2nnc(-c3ccc(Br)cc3)o2)cc1. The molecule has 0 atom stereocenters. The molecule has 2 aromatic carbocycles. The van der Waals surface area contributed by atoms with Gasteiger partial charge in [0.1, 0.15) is 0 Å². The third kappa shape index (κ3) is 3.00. The molecule has 0 radical (unpaired) electrons. The monoisotopic (exact) mass is 349 g/mol. The molecule has 0 fully saturated rings. The minimum absolute atomic E-state index is 0.338. The molecule has 0 saturated carbocycles. The smallest absolute Gasteiger partial charge is 0.320 e. The van der Waals surface area contributed by atoms with Gasteiger partial charge in [-0.1, -0.05) is 32.6 Å². The highest BCUT2D eigenvalue weighted by Crippen LogP contribution is 2.24. The third-order valence-electron chi connectivity index (χ3n) is 2.61. The van der Waals surface area contributed by atoms with E-state index in [4.69, 9.17) is 16.0 Å². The van der Waals surface area contributed by atoms with E-state index in [2.05, 4.69) is 31.4 Å². The number of nitrogens with one attached hydrogen (secondary N) is 1. The summed E-state index contributed by atoms with van der Waals surface area (Å²) in [6.45, 7) is 0. The van der Waals surface area contributed by atoms with E-state index in [1.807, 2.05) is 36.4 Å². The molecule has 0 unspecified atom stereocenters. The number of nitrogens with zero attached hydrogens (tertiary/aromatic N) is 2. The molecule has 0 bridgehead atoms. The lowest BCUT2D eigenvalue weighted by Crippen LogP contribution is -1.89. The lowest BCUT2D eigenvalue weighted by atomic mass is 10.2. The average molecular weight is 351 g/mol. The Hall–Kier alpha value is -1.85. The molecule has 3 aromatic rings. The van der Waals surface area contributed by atoms with Gasteiger partial charge in [0.05, 0.1) is 0 Å². The van der Waals surface area contributed by atoms with E-state index in [-0.39, 0.29) is 0 Å². The number of halogens is 2. The highest BCUT2D eigenvalue weighted by atomic mass is 79.9. The van der Waals surface area contributed by atoms with Crippen molar-refractivity contribution in [2.24, 2.45) is 0 Å². The van der Waals surface area contributed by atoms with Crippen LogP contribution in [0.3, 0.4) is 0 Å². The highest BCUT2D eigenvalue weighted by molar-refractivity contribution is 9.10. The molecule has 0 aliphatic heterocycles. The fourth-order valence-electron chi connectivity index (χ4n) is 1.64. The van der Waals surface area contributed by atoms with Crippen molar-refractivity contribution in [2.45, 2.75) is 0 Å². The van der Waals surface area contributed by atoms with Crippen molar-refractivity contribution < 1.29 is 4.42 Å². The lowest BCUT2D eigenvalue weighted by molar-refractivity contribution is 0.587. The molecule has 6 heteroatoms. The first-order valence-corrected chi connectivity index (χ1v) is 7.00. The van der Waals surface area contributed by atoms with Gasteiger partial charge in [-0.25, -0.2) is 0 Å². The summed E-state index contributed by atoms with van der Waals surface area (Å²) in [6.07, 6.45) is 0.